The number of benzene rings is 2. The zero-order chi connectivity index (χ0) is 20.9. The Morgan fingerprint density at radius 3 is 2.33 bits per heavy atom. The van der Waals surface area contributed by atoms with Gasteiger partial charge in [-0.05, 0) is 29.8 Å². The largest absolute Gasteiger partial charge is 0.493 e. The third kappa shape index (κ3) is 4.06. The number of ether oxygens (including phenoxy) is 3. The number of rotatable bonds is 8. The van der Waals surface area contributed by atoms with Crippen LogP contribution in [0.2, 0.25) is 0 Å². The fraction of sp³-hybridized carbons (Fsp3) is 0.190. The van der Waals surface area contributed by atoms with Crippen molar-refractivity contribution in [1.29, 1.82) is 0 Å². The van der Waals surface area contributed by atoms with Crippen LogP contribution in [0.5, 0.6) is 17.2 Å². The van der Waals surface area contributed by atoms with Crippen LogP contribution in [0.3, 0.4) is 0 Å². The second-order valence-electron chi connectivity index (χ2n) is 6.27. The average Bonchev–Trinajstić information content (AvgIpc) is 3.20. The Morgan fingerprint density at radius 1 is 0.933 bits per heavy atom. The maximum Gasteiger partial charge on any atom is 0.203 e. The number of nitrogens with zero attached hydrogens (tertiary/aromatic N) is 3. The Balaban J connectivity index is 1.57. The lowest BCUT2D eigenvalue weighted by Crippen LogP contribution is -2.04. The van der Waals surface area contributed by atoms with Gasteiger partial charge < -0.3 is 24.8 Å². The minimum Gasteiger partial charge on any atom is -0.493 e. The summed E-state index contributed by atoms with van der Waals surface area (Å²) in [5, 5.41) is 7.39. The average molecular weight is 423 g/mol. The van der Waals surface area contributed by atoms with Gasteiger partial charge in [0.2, 0.25) is 5.75 Å². The summed E-state index contributed by atoms with van der Waals surface area (Å²) in [6, 6.07) is 13.7. The number of fused-ring (bicyclic) bond motifs is 1. The van der Waals surface area contributed by atoms with Crippen LogP contribution in [0.15, 0.2) is 48.8 Å². The molecular formula is C21H21N5O3S. The first-order valence-electron chi connectivity index (χ1n) is 9.18. The van der Waals surface area contributed by atoms with Crippen molar-refractivity contribution in [3.8, 4) is 17.2 Å². The maximum absolute atomic E-state index is 5.42. The van der Waals surface area contributed by atoms with Crippen molar-refractivity contribution >= 4 is 38.3 Å². The highest BCUT2D eigenvalue weighted by Gasteiger charge is 2.15. The number of hydrogen-bond acceptors (Lipinski definition) is 9. The number of nitrogens with one attached hydrogen (secondary N) is 2. The van der Waals surface area contributed by atoms with E-state index in [9.17, 15) is 0 Å². The summed E-state index contributed by atoms with van der Waals surface area (Å²) in [7, 11) is 4.78. The fourth-order valence-corrected chi connectivity index (χ4v) is 3.83. The Labute approximate surface area is 177 Å². The molecule has 154 valence electrons. The van der Waals surface area contributed by atoms with Crippen molar-refractivity contribution in [3.63, 3.8) is 0 Å². The molecule has 30 heavy (non-hydrogen) atoms. The SMILES string of the molecule is COc1cc(CNc2ncnc3sc(Nc4ccccc4)nc23)cc(OC)c1OC. The first-order chi connectivity index (χ1) is 14.7. The van der Waals surface area contributed by atoms with Crippen LogP contribution in [-0.4, -0.2) is 36.3 Å². The monoisotopic (exact) mass is 423 g/mol. The van der Waals surface area contributed by atoms with Gasteiger partial charge in [0, 0.05) is 12.2 Å². The molecule has 2 N–H and O–H groups in total. The standard InChI is InChI=1S/C21H21N5O3S/c1-27-15-9-13(10-16(28-2)18(15)29-3)11-22-19-17-20(24-12-23-19)30-21(26-17)25-14-7-5-4-6-8-14/h4-10,12H,11H2,1-3H3,(H,25,26)(H,22,23,24). The topological polar surface area (TPSA) is 90.4 Å². The van der Waals surface area contributed by atoms with Gasteiger partial charge in [0.05, 0.1) is 21.3 Å². The molecule has 0 aliphatic rings. The van der Waals surface area contributed by atoms with Gasteiger partial charge in [-0.25, -0.2) is 15.0 Å². The van der Waals surface area contributed by atoms with Crippen molar-refractivity contribution < 1.29 is 14.2 Å². The second kappa shape index (κ2) is 8.83. The number of methoxy groups -OCH3 is 3. The summed E-state index contributed by atoms with van der Waals surface area (Å²) in [5.41, 5.74) is 2.64. The first-order valence-corrected chi connectivity index (χ1v) is 10.00. The summed E-state index contributed by atoms with van der Waals surface area (Å²) in [5.74, 6) is 2.42. The molecule has 4 aromatic rings. The summed E-state index contributed by atoms with van der Waals surface area (Å²) >= 11 is 1.48. The lowest BCUT2D eigenvalue weighted by molar-refractivity contribution is 0.324. The number of anilines is 3. The van der Waals surface area contributed by atoms with E-state index in [4.69, 9.17) is 14.2 Å². The van der Waals surface area contributed by atoms with Crippen molar-refractivity contribution in [2.45, 2.75) is 6.54 Å². The molecule has 0 atom stereocenters. The van der Waals surface area contributed by atoms with E-state index in [2.05, 4.69) is 25.6 Å². The lowest BCUT2D eigenvalue weighted by atomic mass is 10.1. The van der Waals surface area contributed by atoms with Crippen LogP contribution in [0.1, 0.15) is 5.56 Å². The smallest absolute Gasteiger partial charge is 0.203 e. The molecule has 0 saturated heterocycles. The maximum atomic E-state index is 5.42. The minimum absolute atomic E-state index is 0.502. The quantitative estimate of drug-likeness (QED) is 0.429. The van der Waals surface area contributed by atoms with Gasteiger partial charge in [-0.2, -0.15) is 0 Å². The molecule has 2 heterocycles. The Bertz CT molecular complexity index is 1130. The molecule has 0 aliphatic heterocycles. The number of aromatic nitrogens is 3. The van der Waals surface area contributed by atoms with Crippen molar-refractivity contribution in [2.24, 2.45) is 0 Å². The van der Waals surface area contributed by atoms with Gasteiger partial charge in [-0.1, -0.05) is 29.5 Å². The van der Waals surface area contributed by atoms with E-state index in [1.807, 2.05) is 42.5 Å². The van der Waals surface area contributed by atoms with Crippen LogP contribution >= 0.6 is 11.3 Å². The lowest BCUT2D eigenvalue weighted by Gasteiger charge is -2.14. The molecule has 0 spiro atoms. The van der Waals surface area contributed by atoms with Crippen molar-refractivity contribution in [3.05, 3.63) is 54.4 Å². The molecule has 0 aliphatic carbocycles. The highest BCUT2D eigenvalue weighted by Crippen LogP contribution is 2.38. The minimum atomic E-state index is 0.502. The molecule has 0 saturated carbocycles. The normalized spacial score (nSPS) is 10.6. The van der Waals surface area contributed by atoms with Gasteiger partial charge in [0.1, 0.15) is 11.8 Å². The van der Waals surface area contributed by atoms with Gasteiger partial charge in [-0.3, -0.25) is 0 Å². The molecule has 0 bridgehead atoms. The van der Waals surface area contributed by atoms with E-state index in [0.717, 1.165) is 21.2 Å². The van der Waals surface area contributed by atoms with Crippen molar-refractivity contribution in [1.82, 2.24) is 15.0 Å². The summed E-state index contributed by atoms with van der Waals surface area (Å²) in [6.07, 6.45) is 1.53. The second-order valence-corrected chi connectivity index (χ2v) is 7.25. The Kier molecular flexibility index (Phi) is 5.80. The van der Waals surface area contributed by atoms with E-state index in [1.165, 1.54) is 17.7 Å². The molecule has 0 radical (unpaired) electrons. The van der Waals surface area contributed by atoms with Crippen LogP contribution in [0.25, 0.3) is 10.3 Å². The van der Waals surface area contributed by atoms with Gasteiger partial charge in [-0.15, -0.1) is 0 Å². The third-order valence-electron chi connectivity index (χ3n) is 4.40. The van der Waals surface area contributed by atoms with Crippen LogP contribution in [0.4, 0.5) is 16.6 Å². The first kappa shape index (κ1) is 19.7. The van der Waals surface area contributed by atoms with E-state index in [-0.39, 0.29) is 0 Å². The van der Waals surface area contributed by atoms with Crippen molar-refractivity contribution in [2.75, 3.05) is 32.0 Å². The highest BCUT2D eigenvalue weighted by molar-refractivity contribution is 7.21. The summed E-state index contributed by atoms with van der Waals surface area (Å²) < 4.78 is 16.2. The highest BCUT2D eigenvalue weighted by atomic mass is 32.1. The Hall–Kier alpha value is -3.59. The van der Waals surface area contributed by atoms with Gasteiger partial charge in [0.25, 0.3) is 0 Å². The van der Waals surface area contributed by atoms with Gasteiger partial charge in [0.15, 0.2) is 27.3 Å². The Morgan fingerprint density at radius 2 is 1.67 bits per heavy atom. The molecule has 0 fully saturated rings. The third-order valence-corrected chi connectivity index (χ3v) is 5.28. The molecule has 0 amide bonds. The predicted octanol–water partition coefficient (Wildman–Crippen LogP) is 4.47. The number of thiazole rings is 1. The van der Waals surface area contributed by atoms with Crippen LogP contribution in [-0.2, 0) is 6.54 Å². The van der Waals surface area contributed by atoms with E-state index in [1.54, 1.807) is 21.3 Å². The van der Waals surface area contributed by atoms with E-state index >= 15 is 0 Å². The molecule has 2 aromatic carbocycles. The molecule has 9 heteroatoms. The molecule has 0 unspecified atom stereocenters. The summed E-state index contributed by atoms with van der Waals surface area (Å²) in [6.45, 7) is 0.502. The number of hydrogen-bond donors (Lipinski definition) is 2. The zero-order valence-corrected chi connectivity index (χ0v) is 17.6. The van der Waals surface area contributed by atoms with Crippen LogP contribution < -0.4 is 24.8 Å². The fourth-order valence-electron chi connectivity index (χ4n) is 3.01. The summed E-state index contributed by atoms with van der Waals surface area (Å²) in [4.78, 5) is 14.2. The van der Waals surface area contributed by atoms with Gasteiger partial charge >= 0.3 is 0 Å². The zero-order valence-electron chi connectivity index (χ0n) is 16.8. The molecule has 8 nitrogen and oxygen atoms in total. The molecule has 4 rings (SSSR count). The van der Waals surface area contributed by atoms with Crippen LogP contribution in [0, 0.1) is 0 Å². The molecule has 2 aromatic heterocycles. The molecular weight excluding hydrogens is 402 g/mol. The predicted molar refractivity (Wildman–Crippen MR) is 118 cm³/mol. The van der Waals surface area contributed by atoms with E-state index < -0.39 is 0 Å². The number of para-hydroxylation sites is 1. The van der Waals surface area contributed by atoms with E-state index in [0.29, 0.717) is 35.1 Å².